The van der Waals surface area contributed by atoms with E-state index in [1.54, 1.807) is 0 Å². The van der Waals surface area contributed by atoms with Crippen LogP contribution >= 0.6 is 0 Å². The van der Waals surface area contributed by atoms with Crippen LogP contribution in [0.5, 0.6) is 0 Å². The maximum atomic E-state index is 4.14. The van der Waals surface area contributed by atoms with Gasteiger partial charge in [0.15, 0.2) is 0 Å². The van der Waals surface area contributed by atoms with Crippen molar-refractivity contribution >= 4 is 5.84 Å². The standard InChI is InChI=1S/C8H14N2/c1-3-7-5-4-6-10-8(7)9-2/h3H,4-6H2,1-2H3,(H,9,10)/b7-3-. The lowest BCUT2D eigenvalue weighted by molar-refractivity contribution is 0.736. The highest BCUT2D eigenvalue weighted by atomic mass is 15.0. The number of aliphatic imine (C=N–C) groups is 1. The molecule has 0 spiro atoms. The summed E-state index contributed by atoms with van der Waals surface area (Å²) in [5.74, 6) is 1.08. The van der Waals surface area contributed by atoms with Gasteiger partial charge in [0.2, 0.25) is 0 Å². The lowest BCUT2D eigenvalue weighted by Crippen LogP contribution is -2.30. The summed E-state index contributed by atoms with van der Waals surface area (Å²) in [5, 5.41) is 3.25. The van der Waals surface area contributed by atoms with Gasteiger partial charge in [-0.1, -0.05) is 6.08 Å². The van der Waals surface area contributed by atoms with Crippen molar-refractivity contribution < 1.29 is 0 Å². The molecule has 1 aliphatic rings. The van der Waals surface area contributed by atoms with Gasteiger partial charge in [-0.25, -0.2) is 0 Å². The second kappa shape index (κ2) is 3.40. The Hall–Kier alpha value is -0.790. The highest BCUT2D eigenvalue weighted by Crippen LogP contribution is 2.09. The fourth-order valence-electron chi connectivity index (χ4n) is 1.22. The molecule has 1 aliphatic heterocycles. The van der Waals surface area contributed by atoms with E-state index in [0.29, 0.717) is 0 Å². The molecule has 2 heteroatoms. The molecule has 0 aromatic rings. The number of amidine groups is 1. The summed E-state index contributed by atoms with van der Waals surface area (Å²) in [6, 6.07) is 0. The fourth-order valence-corrected chi connectivity index (χ4v) is 1.22. The highest BCUT2D eigenvalue weighted by molar-refractivity contribution is 5.98. The lowest BCUT2D eigenvalue weighted by atomic mass is 10.1. The molecule has 0 aliphatic carbocycles. The molecular formula is C8H14N2. The Morgan fingerprint density at radius 1 is 1.60 bits per heavy atom. The molecule has 0 radical (unpaired) electrons. The first-order valence-electron chi connectivity index (χ1n) is 3.74. The van der Waals surface area contributed by atoms with Gasteiger partial charge in [0.05, 0.1) is 0 Å². The minimum atomic E-state index is 1.07. The molecule has 2 nitrogen and oxygen atoms in total. The molecule has 0 atom stereocenters. The minimum absolute atomic E-state index is 1.07. The van der Waals surface area contributed by atoms with Crippen LogP contribution in [0, 0.1) is 0 Å². The third kappa shape index (κ3) is 1.38. The summed E-state index contributed by atoms with van der Waals surface area (Å²) in [4.78, 5) is 4.14. The maximum Gasteiger partial charge on any atom is 0.123 e. The zero-order valence-corrected chi connectivity index (χ0v) is 6.65. The Balaban J connectivity index is 2.69. The van der Waals surface area contributed by atoms with Gasteiger partial charge in [0.25, 0.3) is 0 Å². The van der Waals surface area contributed by atoms with Crippen molar-refractivity contribution in [3.8, 4) is 0 Å². The zero-order valence-electron chi connectivity index (χ0n) is 6.65. The van der Waals surface area contributed by atoms with E-state index in [2.05, 4.69) is 23.3 Å². The van der Waals surface area contributed by atoms with Crippen molar-refractivity contribution in [2.24, 2.45) is 4.99 Å². The molecule has 56 valence electrons. The Morgan fingerprint density at radius 3 is 2.90 bits per heavy atom. The molecule has 1 saturated heterocycles. The SMILES string of the molecule is C/C=C1/CCCNC1=NC. The third-order valence-electron chi connectivity index (χ3n) is 1.79. The average molecular weight is 138 g/mol. The van der Waals surface area contributed by atoms with Gasteiger partial charge in [0, 0.05) is 13.6 Å². The predicted octanol–water partition coefficient (Wildman–Crippen LogP) is 1.34. The number of hydrogen-bond acceptors (Lipinski definition) is 1. The quantitative estimate of drug-likeness (QED) is 0.536. The Labute approximate surface area is 62.0 Å². The van der Waals surface area contributed by atoms with E-state index >= 15 is 0 Å². The van der Waals surface area contributed by atoms with Crippen LogP contribution in [-0.2, 0) is 0 Å². The van der Waals surface area contributed by atoms with Crippen LogP contribution in [0.4, 0.5) is 0 Å². The van der Waals surface area contributed by atoms with E-state index in [-0.39, 0.29) is 0 Å². The van der Waals surface area contributed by atoms with Gasteiger partial charge < -0.3 is 5.32 Å². The van der Waals surface area contributed by atoms with Crippen LogP contribution in [0.15, 0.2) is 16.6 Å². The fraction of sp³-hybridized carbons (Fsp3) is 0.625. The summed E-state index contributed by atoms with van der Waals surface area (Å²) in [6.45, 7) is 3.14. The van der Waals surface area contributed by atoms with Crippen molar-refractivity contribution in [3.63, 3.8) is 0 Å². The molecule has 1 rings (SSSR count). The summed E-state index contributed by atoms with van der Waals surface area (Å²) in [7, 11) is 1.83. The second-order valence-corrected chi connectivity index (χ2v) is 2.42. The van der Waals surface area contributed by atoms with Crippen LogP contribution < -0.4 is 5.32 Å². The molecule has 0 aromatic heterocycles. The smallest absolute Gasteiger partial charge is 0.123 e. The molecule has 1 heterocycles. The number of allylic oxidation sites excluding steroid dienone is 1. The zero-order chi connectivity index (χ0) is 7.40. The topological polar surface area (TPSA) is 24.4 Å². The molecule has 0 aromatic carbocycles. The van der Waals surface area contributed by atoms with E-state index in [9.17, 15) is 0 Å². The van der Waals surface area contributed by atoms with Crippen molar-refractivity contribution in [3.05, 3.63) is 11.6 Å². The van der Waals surface area contributed by atoms with Gasteiger partial charge in [0.1, 0.15) is 5.84 Å². The molecule has 1 N–H and O–H groups in total. The predicted molar refractivity (Wildman–Crippen MR) is 44.4 cm³/mol. The molecule has 0 amide bonds. The number of nitrogens with one attached hydrogen (secondary N) is 1. The Kier molecular flexibility index (Phi) is 2.49. The van der Waals surface area contributed by atoms with E-state index in [1.165, 1.54) is 18.4 Å². The minimum Gasteiger partial charge on any atom is -0.370 e. The van der Waals surface area contributed by atoms with Gasteiger partial charge in [-0.15, -0.1) is 0 Å². The summed E-state index contributed by atoms with van der Waals surface area (Å²) >= 11 is 0. The summed E-state index contributed by atoms with van der Waals surface area (Å²) in [6.07, 6.45) is 4.54. The number of rotatable bonds is 0. The van der Waals surface area contributed by atoms with Crippen LogP contribution in [0.1, 0.15) is 19.8 Å². The number of nitrogens with zero attached hydrogens (tertiary/aromatic N) is 1. The monoisotopic (exact) mass is 138 g/mol. The van der Waals surface area contributed by atoms with Gasteiger partial charge in [-0.05, 0) is 25.3 Å². The van der Waals surface area contributed by atoms with Gasteiger partial charge in [-0.2, -0.15) is 0 Å². The molecule has 0 unspecified atom stereocenters. The first-order chi connectivity index (χ1) is 4.88. The third-order valence-corrected chi connectivity index (χ3v) is 1.79. The van der Waals surface area contributed by atoms with Gasteiger partial charge >= 0.3 is 0 Å². The first-order valence-corrected chi connectivity index (χ1v) is 3.74. The van der Waals surface area contributed by atoms with E-state index in [4.69, 9.17) is 0 Å². The van der Waals surface area contributed by atoms with Crippen molar-refractivity contribution in [1.82, 2.24) is 5.32 Å². The molecule has 0 bridgehead atoms. The van der Waals surface area contributed by atoms with Crippen molar-refractivity contribution in [1.29, 1.82) is 0 Å². The first kappa shape index (κ1) is 7.32. The van der Waals surface area contributed by atoms with E-state index in [0.717, 1.165) is 12.4 Å². The summed E-state index contributed by atoms with van der Waals surface area (Å²) < 4.78 is 0. The largest absolute Gasteiger partial charge is 0.370 e. The number of hydrogen-bond donors (Lipinski definition) is 1. The Bertz CT molecular complexity index is 148. The normalized spacial score (nSPS) is 27.0. The molecule has 10 heavy (non-hydrogen) atoms. The lowest BCUT2D eigenvalue weighted by Gasteiger charge is -2.17. The van der Waals surface area contributed by atoms with Crippen LogP contribution in [-0.4, -0.2) is 19.4 Å². The highest BCUT2D eigenvalue weighted by Gasteiger charge is 2.09. The van der Waals surface area contributed by atoms with Crippen LogP contribution in [0.25, 0.3) is 0 Å². The Morgan fingerprint density at radius 2 is 2.40 bits per heavy atom. The maximum absolute atomic E-state index is 4.14. The average Bonchev–Trinajstić information content (AvgIpc) is 2.04. The number of piperidine rings is 1. The van der Waals surface area contributed by atoms with Crippen molar-refractivity contribution in [2.45, 2.75) is 19.8 Å². The van der Waals surface area contributed by atoms with E-state index < -0.39 is 0 Å². The van der Waals surface area contributed by atoms with Gasteiger partial charge in [-0.3, -0.25) is 4.99 Å². The molecular weight excluding hydrogens is 124 g/mol. The van der Waals surface area contributed by atoms with Crippen molar-refractivity contribution in [2.75, 3.05) is 13.6 Å². The van der Waals surface area contributed by atoms with Crippen LogP contribution in [0.2, 0.25) is 0 Å². The second-order valence-electron chi connectivity index (χ2n) is 2.42. The molecule has 1 fully saturated rings. The van der Waals surface area contributed by atoms with E-state index in [1.807, 2.05) is 7.05 Å². The molecule has 0 saturated carbocycles. The summed E-state index contributed by atoms with van der Waals surface area (Å²) in [5.41, 5.74) is 1.36. The van der Waals surface area contributed by atoms with Crippen LogP contribution in [0.3, 0.4) is 0 Å².